The Hall–Kier alpha value is -0.300. The lowest BCUT2D eigenvalue weighted by atomic mass is 9.78. The van der Waals surface area contributed by atoms with Crippen LogP contribution < -0.4 is 0 Å². The first-order valence-corrected chi connectivity index (χ1v) is 5.35. The third-order valence-corrected chi connectivity index (χ3v) is 3.34. The Morgan fingerprint density at radius 1 is 1.54 bits per heavy atom. The van der Waals surface area contributed by atoms with Gasteiger partial charge in [0.2, 0.25) is 0 Å². The first-order valence-electron chi connectivity index (χ1n) is 5.35. The molecular formula is C12H22O. The fourth-order valence-corrected chi connectivity index (χ4v) is 2.04. The van der Waals surface area contributed by atoms with E-state index in [1.807, 2.05) is 0 Å². The molecule has 0 saturated heterocycles. The van der Waals surface area contributed by atoms with Crippen LogP contribution in [0.4, 0.5) is 0 Å². The van der Waals surface area contributed by atoms with E-state index in [2.05, 4.69) is 32.9 Å². The zero-order chi connectivity index (χ0) is 9.90. The summed E-state index contributed by atoms with van der Waals surface area (Å²) in [5, 5.41) is 8.92. The number of hydrogen-bond acceptors (Lipinski definition) is 1. The maximum atomic E-state index is 8.92. The lowest BCUT2D eigenvalue weighted by Crippen LogP contribution is -2.18. The fourth-order valence-electron chi connectivity index (χ4n) is 2.04. The van der Waals surface area contributed by atoms with Crippen LogP contribution in [0.15, 0.2) is 12.2 Å². The second kappa shape index (κ2) is 4.28. The molecule has 0 aromatic carbocycles. The van der Waals surface area contributed by atoms with E-state index in [1.165, 1.54) is 12.8 Å². The van der Waals surface area contributed by atoms with Crippen LogP contribution >= 0.6 is 0 Å². The molecule has 0 fully saturated rings. The van der Waals surface area contributed by atoms with Crippen LogP contribution in [0.5, 0.6) is 0 Å². The largest absolute Gasteiger partial charge is 0.396 e. The smallest absolute Gasteiger partial charge is 0.0456 e. The summed E-state index contributed by atoms with van der Waals surface area (Å²) in [5.74, 6) is 1.26. The summed E-state index contributed by atoms with van der Waals surface area (Å²) in [4.78, 5) is 0. The van der Waals surface area contributed by atoms with Gasteiger partial charge in [0.1, 0.15) is 0 Å². The van der Waals surface area contributed by atoms with Crippen LogP contribution in [-0.4, -0.2) is 11.7 Å². The Bertz CT molecular complexity index is 182. The van der Waals surface area contributed by atoms with Gasteiger partial charge in [-0.25, -0.2) is 0 Å². The summed E-state index contributed by atoms with van der Waals surface area (Å²) in [6.07, 6.45) is 8.27. The van der Waals surface area contributed by atoms with Crippen molar-refractivity contribution in [1.29, 1.82) is 0 Å². The zero-order valence-corrected chi connectivity index (χ0v) is 9.09. The summed E-state index contributed by atoms with van der Waals surface area (Å²) >= 11 is 0. The predicted molar refractivity (Wildman–Crippen MR) is 56.5 cm³/mol. The van der Waals surface area contributed by atoms with Crippen LogP contribution in [0, 0.1) is 17.3 Å². The summed E-state index contributed by atoms with van der Waals surface area (Å²) in [5.41, 5.74) is 0.384. The molecule has 1 aliphatic carbocycles. The maximum Gasteiger partial charge on any atom is 0.0456 e. The molecule has 0 spiro atoms. The second-order valence-electron chi connectivity index (χ2n) is 5.02. The van der Waals surface area contributed by atoms with Crippen molar-refractivity contribution in [2.75, 3.05) is 6.61 Å². The molecule has 1 unspecified atom stereocenters. The van der Waals surface area contributed by atoms with E-state index in [9.17, 15) is 0 Å². The summed E-state index contributed by atoms with van der Waals surface area (Å²) < 4.78 is 0. The highest BCUT2D eigenvalue weighted by atomic mass is 16.3. The third kappa shape index (κ3) is 2.84. The maximum absolute atomic E-state index is 8.92. The summed E-state index contributed by atoms with van der Waals surface area (Å²) in [6.45, 7) is 7.07. The summed E-state index contributed by atoms with van der Waals surface area (Å²) in [6, 6.07) is 0. The molecule has 1 nitrogen and oxygen atoms in total. The van der Waals surface area contributed by atoms with E-state index in [-0.39, 0.29) is 0 Å². The highest BCUT2D eigenvalue weighted by Crippen LogP contribution is 2.40. The van der Waals surface area contributed by atoms with Crippen molar-refractivity contribution >= 4 is 0 Å². The average molecular weight is 182 g/mol. The lowest BCUT2D eigenvalue weighted by Gasteiger charge is -2.27. The van der Waals surface area contributed by atoms with E-state index >= 15 is 0 Å². The molecule has 0 aromatic heterocycles. The minimum Gasteiger partial charge on any atom is -0.396 e. The van der Waals surface area contributed by atoms with Crippen molar-refractivity contribution in [1.82, 2.24) is 0 Å². The Balaban J connectivity index is 2.31. The fraction of sp³-hybridized carbons (Fsp3) is 0.833. The van der Waals surface area contributed by atoms with E-state index in [0.717, 1.165) is 12.3 Å². The number of hydrogen-bond donors (Lipinski definition) is 1. The molecule has 0 heterocycles. The molecular weight excluding hydrogens is 160 g/mol. The van der Waals surface area contributed by atoms with Gasteiger partial charge in [-0.3, -0.25) is 0 Å². The van der Waals surface area contributed by atoms with Gasteiger partial charge in [0.25, 0.3) is 0 Å². The average Bonchev–Trinajstić information content (AvgIpc) is 2.41. The van der Waals surface area contributed by atoms with Crippen molar-refractivity contribution in [3.8, 4) is 0 Å². The van der Waals surface area contributed by atoms with Gasteiger partial charge in [-0.15, -0.1) is 0 Å². The minimum atomic E-state index is 0.334. The Labute approximate surface area is 81.9 Å². The molecule has 1 rings (SSSR count). The Kier molecular flexibility index (Phi) is 3.55. The molecule has 0 bridgehead atoms. The molecule has 1 heteroatoms. The van der Waals surface area contributed by atoms with Crippen LogP contribution in [0.3, 0.4) is 0 Å². The molecule has 13 heavy (non-hydrogen) atoms. The van der Waals surface area contributed by atoms with Crippen molar-refractivity contribution in [3.63, 3.8) is 0 Å². The van der Waals surface area contributed by atoms with Crippen LogP contribution in [-0.2, 0) is 0 Å². The zero-order valence-electron chi connectivity index (χ0n) is 9.09. The molecule has 1 aliphatic rings. The van der Waals surface area contributed by atoms with Crippen LogP contribution in [0.2, 0.25) is 0 Å². The van der Waals surface area contributed by atoms with Crippen molar-refractivity contribution in [2.24, 2.45) is 17.3 Å². The molecule has 0 radical (unpaired) electrons. The third-order valence-electron chi connectivity index (χ3n) is 3.34. The van der Waals surface area contributed by atoms with Gasteiger partial charge in [-0.05, 0) is 36.5 Å². The van der Waals surface area contributed by atoms with Gasteiger partial charge in [0, 0.05) is 6.61 Å². The number of aliphatic hydroxyl groups is 1. The van der Waals surface area contributed by atoms with E-state index in [1.54, 1.807) is 0 Å². The minimum absolute atomic E-state index is 0.334. The van der Waals surface area contributed by atoms with Crippen molar-refractivity contribution < 1.29 is 5.11 Å². The molecule has 76 valence electrons. The first-order chi connectivity index (χ1) is 6.06. The topological polar surface area (TPSA) is 20.2 Å². The van der Waals surface area contributed by atoms with Gasteiger partial charge in [-0.2, -0.15) is 0 Å². The van der Waals surface area contributed by atoms with Gasteiger partial charge in [0.05, 0.1) is 0 Å². The number of rotatable bonds is 4. The van der Waals surface area contributed by atoms with E-state index < -0.39 is 0 Å². The van der Waals surface area contributed by atoms with Crippen molar-refractivity contribution in [3.05, 3.63) is 12.2 Å². The number of allylic oxidation sites excluding steroid dienone is 2. The van der Waals surface area contributed by atoms with Gasteiger partial charge < -0.3 is 5.11 Å². The van der Waals surface area contributed by atoms with E-state index in [0.29, 0.717) is 17.9 Å². The van der Waals surface area contributed by atoms with Gasteiger partial charge >= 0.3 is 0 Å². The Morgan fingerprint density at radius 2 is 2.23 bits per heavy atom. The van der Waals surface area contributed by atoms with Crippen LogP contribution in [0.1, 0.15) is 40.0 Å². The van der Waals surface area contributed by atoms with Gasteiger partial charge in [-0.1, -0.05) is 32.9 Å². The monoisotopic (exact) mass is 182 g/mol. The quantitative estimate of drug-likeness (QED) is 0.663. The predicted octanol–water partition coefficient (Wildman–Crippen LogP) is 3.00. The molecule has 0 amide bonds. The SMILES string of the molecule is CC(CO)CC[C@H]1CC=CC1(C)C. The molecule has 0 saturated carbocycles. The normalized spacial score (nSPS) is 27.8. The molecule has 2 atom stereocenters. The van der Waals surface area contributed by atoms with Crippen molar-refractivity contribution in [2.45, 2.75) is 40.0 Å². The molecule has 1 N–H and O–H groups in total. The molecule has 0 aromatic rings. The highest BCUT2D eigenvalue weighted by molar-refractivity contribution is 5.06. The highest BCUT2D eigenvalue weighted by Gasteiger charge is 2.29. The van der Waals surface area contributed by atoms with Gasteiger partial charge in [0.15, 0.2) is 0 Å². The van der Waals surface area contributed by atoms with E-state index in [4.69, 9.17) is 5.11 Å². The first kappa shape index (κ1) is 10.8. The lowest BCUT2D eigenvalue weighted by molar-refractivity contribution is 0.205. The molecule has 0 aliphatic heterocycles. The summed E-state index contributed by atoms with van der Waals surface area (Å²) in [7, 11) is 0. The van der Waals surface area contributed by atoms with Crippen LogP contribution in [0.25, 0.3) is 0 Å². The number of aliphatic hydroxyl groups excluding tert-OH is 1. The Morgan fingerprint density at radius 3 is 2.69 bits per heavy atom. The standard InChI is InChI=1S/C12H22O/c1-10(9-13)6-7-11-5-4-8-12(11,2)3/h4,8,10-11,13H,5-7,9H2,1-3H3/t10?,11-/m1/s1. The second-order valence-corrected chi connectivity index (χ2v) is 5.02.